The molecule has 1 aliphatic rings. The van der Waals surface area contributed by atoms with Crippen molar-refractivity contribution in [1.29, 1.82) is 0 Å². The molecule has 1 aliphatic carbocycles. The molecule has 0 bridgehead atoms. The predicted octanol–water partition coefficient (Wildman–Crippen LogP) is 3.51. The zero-order valence-electron chi connectivity index (χ0n) is 10.9. The Morgan fingerprint density at radius 3 is 2.89 bits per heavy atom. The Morgan fingerprint density at radius 1 is 1.22 bits per heavy atom. The highest BCUT2D eigenvalue weighted by molar-refractivity contribution is 5.76. The van der Waals surface area contributed by atoms with E-state index in [0.29, 0.717) is 5.92 Å². The number of benzene rings is 1. The zero-order chi connectivity index (χ0) is 12.5. The minimum absolute atomic E-state index is 0.195. The maximum atomic E-state index is 6.27. The Kier molecular flexibility index (Phi) is 3.08. The molecule has 3 rings (SSSR count). The summed E-state index contributed by atoms with van der Waals surface area (Å²) >= 11 is 0. The number of para-hydroxylation sites is 1. The van der Waals surface area contributed by atoms with Crippen LogP contribution >= 0.6 is 0 Å². The number of aromatic nitrogens is 1. The molecule has 0 aliphatic heterocycles. The lowest BCUT2D eigenvalue weighted by molar-refractivity contribution is 0.402. The smallest absolute Gasteiger partial charge is 0.200 e. The van der Waals surface area contributed by atoms with Crippen LogP contribution in [-0.4, -0.2) is 11.0 Å². The summed E-state index contributed by atoms with van der Waals surface area (Å²) in [5, 5.41) is 0. The van der Waals surface area contributed by atoms with Crippen LogP contribution in [0, 0.1) is 6.92 Å². The highest BCUT2D eigenvalue weighted by Crippen LogP contribution is 2.32. The van der Waals surface area contributed by atoms with Gasteiger partial charge in [0.1, 0.15) is 5.52 Å². The predicted molar refractivity (Wildman–Crippen MR) is 72.5 cm³/mol. The van der Waals surface area contributed by atoms with Crippen LogP contribution < -0.4 is 5.73 Å². The van der Waals surface area contributed by atoms with E-state index in [4.69, 9.17) is 10.2 Å². The van der Waals surface area contributed by atoms with Crippen LogP contribution in [0.2, 0.25) is 0 Å². The standard InChI is InChI=1S/C15H20N2O/c1-10-6-5-9-13-14(10)18-15(17-13)11-7-3-2-4-8-12(11)16/h5-6,9,11-12H,2-4,7-8,16H2,1H3. The second kappa shape index (κ2) is 4.73. The van der Waals surface area contributed by atoms with Crippen molar-refractivity contribution in [2.45, 2.75) is 51.0 Å². The molecule has 0 spiro atoms. The minimum atomic E-state index is 0.195. The third-order valence-electron chi connectivity index (χ3n) is 4.01. The van der Waals surface area contributed by atoms with Gasteiger partial charge in [0.25, 0.3) is 0 Å². The number of oxazole rings is 1. The second-order valence-electron chi connectivity index (χ2n) is 5.38. The van der Waals surface area contributed by atoms with Crippen molar-refractivity contribution in [3.8, 4) is 0 Å². The van der Waals surface area contributed by atoms with Crippen molar-refractivity contribution in [2.75, 3.05) is 0 Å². The summed E-state index contributed by atoms with van der Waals surface area (Å²) in [6.45, 7) is 2.06. The molecule has 1 aromatic carbocycles. The van der Waals surface area contributed by atoms with Crippen molar-refractivity contribution in [3.05, 3.63) is 29.7 Å². The molecule has 0 amide bonds. The third kappa shape index (κ3) is 2.03. The van der Waals surface area contributed by atoms with E-state index in [1.165, 1.54) is 19.3 Å². The van der Waals surface area contributed by atoms with Crippen LogP contribution in [0.3, 0.4) is 0 Å². The van der Waals surface area contributed by atoms with Crippen LogP contribution in [0.1, 0.15) is 49.5 Å². The molecular weight excluding hydrogens is 224 g/mol. The number of rotatable bonds is 1. The van der Waals surface area contributed by atoms with Gasteiger partial charge >= 0.3 is 0 Å². The lowest BCUT2D eigenvalue weighted by atomic mass is 9.95. The summed E-state index contributed by atoms with van der Waals surface area (Å²) in [7, 11) is 0. The van der Waals surface area contributed by atoms with Gasteiger partial charge in [0.05, 0.1) is 5.92 Å². The Bertz CT molecular complexity index is 546. The van der Waals surface area contributed by atoms with Crippen LogP contribution in [0.15, 0.2) is 22.6 Å². The van der Waals surface area contributed by atoms with Crippen molar-refractivity contribution in [1.82, 2.24) is 4.98 Å². The van der Waals surface area contributed by atoms with Gasteiger partial charge < -0.3 is 10.2 Å². The fraction of sp³-hybridized carbons (Fsp3) is 0.533. The molecule has 3 nitrogen and oxygen atoms in total. The molecule has 1 fully saturated rings. The molecule has 3 heteroatoms. The van der Waals surface area contributed by atoms with Crippen LogP contribution in [0.25, 0.3) is 11.1 Å². The van der Waals surface area contributed by atoms with Gasteiger partial charge in [-0.15, -0.1) is 0 Å². The summed E-state index contributed by atoms with van der Waals surface area (Å²) < 4.78 is 5.97. The van der Waals surface area contributed by atoms with Gasteiger partial charge in [-0.25, -0.2) is 4.98 Å². The summed E-state index contributed by atoms with van der Waals surface area (Å²) in [5.41, 5.74) is 9.30. The van der Waals surface area contributed by atoms with Gasteiger partial charge in [0.2, 0.25) is 0 Å². The lowest BCUT2D eigenvalue weighted by Crippen LogP contribution is -2.27. The van der Waals surface area contributed by atoms with E-state index >= 15 is 0 Å². The van der Waals surface area contributed by atoms with Gasteiger partial charge in [0.15, 0.2) is 11.5 Å². The topological polar surface area (TPSA) is 52.0 Å². The maximum Gasteiger partial charge on any atom is 0.200 e. The first-order valence-corrected chi connectivity index (χ1v) is 6.87. The van der Waals surface area contributed by atoms with Gasteiger partial charge in [-0.2, -0.15) is 0 Å². The first kappa shape index (κ1) is 11.7. The fourth-order valence-electron chi connectivity index (χ4n) is 2.91. The number of hydrogen-bond acceptors (Lipinski definition) is 3. The Labute approximate surface area is 107 Å². The molecule has 1 heterocycles. The average Bonchev–Trinajstić information content (AvgIpc) is 2.67. The highest BCUT2D eigenvalue weighted by atomic mass is 16.3. The van der Waals surface area contributed by atoms with E-state index in [0.717, 1.165) is 35.4 Å². The van der Waals surface area contributed by atoms with Crippen LogP contribution in [0.4, 0.5) is 0 Å². The minimum Gasteiger partial charge on any atom is -0.440 e. The Hall–Kier alpha value is -1.35. The number of nitrogens with zero attached hydrogens (tertiary/aromatic N) is 1. The van der Waals surface area contributed by atoms with Gasteiger partial charge in [-0.3, -0.25) is 0 Å². The van der Waals surface area contributed by atoms with E-state index in [9.17, 15) is 0 Å². The summed E-state index contributed by atoms with van der Waals surface area (Å²) in [6.07, 6.45) is 5.94. The molecule has 0 radical (unpaired) electrons. The molecule has 0 saturated heterocycles. The van der Waals surface area contributed by atoms with Crippen LogP contribution in [-0.2, 0) is 0 Å². The maximum absolute atomic E-state index is 6.27. The third-order valence-corrected chi connectivity index (χ3v) is 4.01. The van der Waals surface area contributed by atoms with Crippen molar-refractivity contribution < 1.29 is 4.42 Å². The van der Waals surface area contributed by atoms with E-state index in [-0.39, 0.29) is 6.04 Å². The quantitative estimate of drug-likeness (QED) is 0.781. The molecule has 2 aromatic rings. The summed E-state index contributed by atoms with van der Waals surface area (Å²) in [6, 6.07) is 6.29. The van der Waals surface area contributed by atoms with Crippen molar-refractivity contribution in [2.24, 2.45) is 5.73 Å². The molecule has 18 heavy (non-hydrogen) atoms. The molecule has 96 valence electrons. The number of fused-ring (bicyclic) bond motifs is 1. The SMILES string of the molecule is Cc1cccc2nc(C3CCCCCC3N)oc12. The Balaban J connectivity index is 2.00. The van der Waals surface area contributed by atoms with Crippen molar-refractivity contribution >= 4 is 11.1 Å². The monoisotopic (exact) mass is 244 g/mol. The molecule has 2 atom stereocenters. The molecular formula is C15H20N2O. The average molecular weight is 244 g/mol. The van der Waals surface area contributed by atoms with Gasteiger partial charge in [0, 0.05) is 6.04 Å². The van der Waals surface area contributed by atoms with Gasteiger partial charge in [-0.1, -0.05) is 31.4 Å². The van der Waals surface area contributed by atoms with Crippen LogP contribution in [0.5, 0.6) is 0 Å². The number of nitrogens with two attached hydrogens (primary N) is 1. The van der Waals surface area contributed by atoms with Gasteiger partial charge in [-0.05, 0) is 31.4 Å². The Morgan fingerprint density at radius 2 is 2.06 bits per heavy atom. The summed E-state index contributed by atoms with van der Waals surface area (Å²) in [4.78, 5) is 4.64. The second-order valence-corrected chi connectivity index (χ2v) is 5.38. The van der Waals surface area contributed by atoms with Crippen molar-refractivity contribution in [3.63, 3.8) is 0 Å². The first-order valence-electron chi connectivity index (χ1n) is 6.87. The number of aryl methyl sites for hydroxylation is 1. The van der Waals surface area contributed by atoms with E-state index in [1.807, 2.05) is 12.1 Å². The highest BCUT2D eigenvalue weighted by Gasteiger charge is 2.26. The summed E-state index contributed by atoms with van der Waals surface area (Å²) in [5.74, 6) is 1.13. The molecule has 1 aromatic heterocycles. The largest absolute Gasteiger partial charge is 0.440 e. The van der Waals surface area contributed by atoms with E-state index < -0.39 is 0 Å². The molecule has 2 unspecified atom stereocenters. The lowest BCUT2D eigenvalue weighted by Gasteiger charge is -2.17. The normalized spacial score (nSPS) is 25.2. The number of hydrogen-bond donors (Lipinski definition) is 1. The fourth-order valence-corrected chi connectivity index (χ4v) is 2.91. The molecule has 1 saturated carbocycles. The van der Waals surface area contributed by atoms with E-state index in [1.54, 1.807) is 0 Å². The molecule has 2 N–H and O–H groups in total. The first-order chi connectivity index (χ1) is 8.75. The zero-order valence-corrected chi connectivity index (χ0v) is 10.9. The van der Waals surface area contributed by atoms with E-state index in [2.05, 4.69) is 18.0 Å².